The van der Waals surface area contributed by atoms with Crippen molar-refractivity contribution in [2.24, 2.45) is 0 Å². The number of aromatic nitrogens is 1. The second-order valence-electron chi connectivity index (χ2n) is 3.13. The minimum Gasteiger partial charge on any atom is -0.481 e. The van der Waals surface area contributed by atoms with E-state index in [2.05, 4.69) is 25.7 Å². The van der Waals surface area contributed by atoms with Crippen molar-refractivity contribution in [2.45, 2.75) is 18.1 Å². The van der Waals surface area contributed by atoms with Crippen LogP contribution in [-0.2, 0) is 16.5 Å². The number of carbonyl (C=O) groups is 1. The number of carboxylic acid groups (broad SMARTS) is 1. The number of halogens is 5. The van der Waals surface area contributed by atoms with Crippen molar-refractivity contribution in [3.05, 3.63) is 20.9 Å². The monoisotopic (exact) mass is 439 g/mol. The normalized spacial score (nSPS) is 11.4. The van der Waals surface area contributed by atoms with Crippen molar-refractivity contribution in [2.75, 3.05) is 0 Å². The maximum absolute atomic E-state index is 12.2. The van der Waals surface area contributed by atoms with Crippen LogP contribution in [0, 0.1) is 3.57 Å². The highest BCUT2D eigenvalue weighted by molar-refractivity contribution is 14.1. The van der Waals surface area contributed by atoms with E-state index in [4.69, 9.17) is 5.11 Å². The van der Waals surface area contributed by atoms with Crippen molar-refractivity contribution in [1.29, 1.82) is 0 Å². The van der Waals surface area contributed by atoms with Gasteiger partial charge in [0.05, 0.1) is 6.42 Å². The first-order valence-electron chi connectivity index (χ1n) is 4.44. The van der Waals surface area contributed by atoms with Crippen LogP contribution in [0.15, 0.2) is 6.20 Å². The first kappa shape index (κ1) is 15.5. The lowest BCUT2D eigenvalue weighted by Crippen LogP contribution is -2.20. The highest BCUT2D eigenvalue weighted by Crippen LogP contribution is 2.30. The lowest BCUT2D eigenvalue weighted by Gasteiger charge is -2.14. The molecule has 0 unspecified atom stereocenters. The number of carboxylic acids is 1. The van der Waals surface area contributed by atoms with Crippen LogP contribution in [0.1, 0.15) is 11.1 Å². The minimum absolute atomic E-state index is 0.0858. The van der Waals surface area contributed by atoms with E-state index in [0.29, 0.717) is 14.5 Å². The summed E-state index contributed by atoms with van der Waals surface area (Å²) in [7, 11) is 0. The van der Waals surface area contributed by atoms with Gasteiger partial charge in [0.2, 0.25) is 5.88 Å². The largest absolute Gasteiger partial charge is 0.574 e. The second-order valence-corrected chi connectivity index (χ2v) is 4.77. The number of pyridine rings is 1. The van der Waals surface area contributed by atoms with Crippen molar-refractivity contribution in [1.82, 2.24) is 4.98 Å². The van der Waals surface area contributed by atoms with Gasteiger partial charge in [-0.15, -0.1) is 13.2 Å². The van der Waals surface area contributed by atoms with Crippen molar-refractivity contribution in [3.8, 4) is 5.88 Å². The van der Waals surface area contributed by atoms with Gasteiger partial charge in [-0.2, -0.15) is 0 Å². The molecule has 0 aromatic carbocycles. The Balaban J connectivity index is 3.24. The number of hydrogen-bond acceptors (Lipinski definition) is 3. The first-order chi connectivity index (χ1) is 8.24. The van der Waals surface area contributed by atoms with Crippen LogP contribution in [0.5, 0.6) is 5.88 Å². The Labute approximate surface area is 122 Å². The third-order valence-corrected chi connectivity index (χ3v) is 3.78. The fourth-order valence-electron chi connectivity index (χ4n) is 1.15. The Kier molecular flexibility index (Phi) is 5.20. The summed E-state index contributed by atoms with van der Waals surface area (Å²) >= 11 is 4.91. The summed E-state index contributed by atoms with van der Waals surface area (Å²) in [5.41, 5.74) is 0.513. The molecule has 100 valence electrons. The predicted octanol–water partition coefficient (Wildman–Crippen LogP) is 3.11. The molecule has 1 N–H and O–H groups in total. The van der Waals surface area contributed by atoms with E-state index in [1.165, 1.54) is 6.20 Å². The van der Waals surface area contributed by atoms with Gasteiger partial charge in [0.15, 0.2) is 0 Å². The molecule has 0 saturated heterocycles. The van der Waals surface area contributed by atoms with Crippen LogP contribution in [0.25, 0.3) is 0 Å². The molecule has 0 radical (unpaired) electrons. The molecule has 0 amide bonds. The molecule has 9 heteroatoms. The lowest BCUT2D eigenvalue weighted by molar-refractivity contribution is -0.276. The molecule has 1 aromatic heterocycles. The Bertz CT molecular complexity index is 467. The summed E-state index contributed by atoms with van der Waals surface area (Å²) in [6, 6.07) is 0. The summed E-state index contributed by atoms with van der Waals surface area (Å²) < 4.78 is 40.6. The van der Waals surface area contributed by atoms with Gasteiger partial charge in [-0.3, -0.25) is 4.79 Å². The van der Waals surface area contributed by atoms with Gasteiger partial charge in [0, 0.05) is 20.7 Å². The Morgan fingerprint density at radius 2 is 2.17 bits per heavy atom. The maximum Gasteiger partial charge on any atom is 0.574 e. The molecule has 0 spiro atoms. The third kappa shape index (κ3) is 4.26. The van der Waals surface area contributed by atoms with Crippen LogP contribution < -0.4 is 4.74 Å². The van der Waals surface area contributed by atoms with Crippen molar-refractivity contribution in [3.63, 3.8) is 0 Å². The van der Waals surface area contributed by atoms with Crippen molar-refractivity contribution >= 4 is 44.5 Å². The van der Waals surface area contributed by atoms with Gasteiger partial charge in [-0.1, -0.05) is 15.9 Å². The van der Waals surface area contributed by atoms with Crippen molar-refractivity contribution < 1.29 is 27.8 Å². The Morgan fingerprint density at radius 1 is 1.56 bits per heavy atom. The number of hydrogen-bond donors (Lipinski definition) is 1. The number of rotatable bonds is 4. The predicted molar refractivity (Wildman–Crippen MR) is 67.6 cm³/mol. The maximum atomic E-state index is 12.2. The fraction of sp³-hybridized carbons (Fsp3) is 0.333. The van der Waals surface area contributed by atoms with Crippen LogP contribution in [0.4, 0.5) is 13.2 Å². The minimum atomic E-state index is -4.90. The van der Waals surface area contributed by atoms with Crippen LogP contribution in [-0.4, -0.2) is 22.4 Å². The average Bonchev–Trinajstić information content (AvgIpc) is 2.21. The summed E-state index contributed by atoms with van der Waals surface area (Å²) in [5.74, 6) is -1.98. The van der Waals surface area contributed by atoms with E-state index in [-0.39, 0.29) is 5.56 Å². The standard InChI is InChI=1S/C9H6BrF3INO3/c10-2-4-3-15-8(18-9(11,12)13)5(7(4)14)1-6(16)17/h3H,1-2H2,(H,16,17). The van der Waals surface area contributed by atoms with Gasteiger partial charge < -0.3 is 9.84 Å². The van der Waals surface area contributed by atoms with Gasteiger partial charge in [0.1, 0.15) is 0 Å². The molecular formula is C9H6BrF3INO3. The van der Waals surface area contributed by atoms with Gasteiger partial charge in [-0.05, 0) is 28.2 Å². The van der Waals surface area contributed by atoms with Crippen LogP contribution >= 0.6 is 38.5 Å². The summed E-state index contributed by atoms with van der Waals surface area (Å²) in [6.45, 7) is 0. The van der Waals surface area contributed by atoms with E-state index in [1.54, 1.807) is 22.6 Å². The van der Waals surface area contributed by atoms with Crippen LogP contribution in [0.2, 0.25) is 0 Å². The second kappa shape index (κ2) is 6.04. The smallest absolute Gasteiger partial charge is 0.481 e. The molecule has 4 nitrogen and oxygen atoms in total. The SMILES string of the molecule is O=C(O)Cc1c(OC(F)(F)F)ncc(CBr)c1I. The van der Waals surface area contributed by atoms with Gasteiger partial charge in [-0.25, -0.2) is 4.98 Å². The highest BCUT2D eigenvalue weighted by atomic mass is 127. The molecule has 18 heavy (non-hydrogen) atoms. The Hall–Kier alpha value is -0.580. The summed E-state index contributed by atoms with van der Waals surface area (Å²) in [4.78, 5) is 14.2. The summed E-state index contributed by atoms with van der Waals surface area (Å²) in [5, 5.41) is 9.06. The molecule has 0 aliphatic rings. The van der Waals surface area contributed by atoms with E-state index in [0.717, 1.165) is 0 Å². The zero-order chi connectivity index (χ0) is 13.9. The van der Waals surface area contributed by atoms with E-state index in [1.807, 2.05) is 0 Å². The van der Waals surface area contributed by atoms with E-state index in [9.17, 15) is 18.0 Å². The first-order valence-corrected chi connectivity index (χ1v) is 6.64. The lowest BCUT2D eigenvalue weighted by atomic mass is 10.1. The zero-order valence-electron chi connectivity index (χ0n) is 8.59. The third-order valence-electron chi connectivity index (χ3n) is 1.83. The van der Waals surface area contributed by atoms with Crippen LogP contribution in [0.3, 0.4) is 0 Å². The molecule has 0 aliphatic heterocycles. The molecule has 1 rings (SSSR count). The molecule has 0 fully saturated rings. The molecule has 1 heterocycles. The topological polar surface area (TPSA) is 59.4 Å². The average molecular weight is 440 g/mol. The summed E-state index contributed by atoms with van der Waals surface area (Å²) in [6.07, 6.45) is -4.28. The van der Waals surface area contributed by atoms with Gasteiger partial charge >= 0.3 is 12.3 Å². The molecule has 0 aliphatic carbocycles. The molecular weight excluding hydrogens is 434 g/mol. The Morgan fingerprint density at radius 3 is 2.61 bits per heavy atom. The van der Waals surface area contributed by atoms with E-state index >= 15 is 0 Å². The highest BCUT2D eigenvalue weighted by Gasteiger charge is 2.33. The number of aliphatic carboxylic acids is 1. The molecule has 0 bridgehead atoms. The van der Waals surface area contributed by atoms with Gasteiger partial charge in [0.25, 0.3) is 0 Å². The molecule has 0 saturated carbocycles. The number of ether oxygens (including phenoxy) is 1. The number of nitrogens with zero attached hydrogens (tertiary/aromatic N) is 1. The molecule has 1 aromatic rings. The fourth-order valence-corrected chi connectivity index (χ4v) is 2.85. The van der Waals surface area contributed by atoms with E-state index < -0.39 is 24.6 Å². The number of alkyl halides is 4. The molecule has 0 atom stereocenters. The quantitative estimate of drug-likeness (QED) is 0.578. The zero-order valence-corrected chi connectivity index (χ0v) is 12.3.